The van der Waals surface area contributed by atoms with Crippen LogP contribution in [0.3, 0.4) is 0 Å². The molecule has 4 heteroatoms. The molecular weight excluding hydrogens is 218 g/mol. The van der Waals surface area contributed by atoms with Crippen LogP contribution in [0.15, 0.2) is 27.4 Å². The molecule has 0 aliphatic heterocycles. The van der Waals surface area contributed by atoms with Crippen molar-refractivity contribution in [2.45, 2.75) is 32.3 Å². The number of fused-ring (bicyclic) bond motifs is 1. The number of aryl methyl sites for hydroxylation is 1. The van der Waals surface area contributed by atoms with E-state index in [4.69, 9.17) is 4.42 Å². The predicted octanol–water partition coefficient (Wildman–Crippen LogP) is 2.36. The van der Waals surface area contributed by atoms with Gasteiger partial charge in [0.15, 0.2) is 5.58 Å². The molecule has 0 saturated carbocycles. The minimum absolute atomic E-state index is 0.375. The van der Waals surface area contributed by atoms with Crippen molar-refractivity contribution in [2.75, 3.05) is 0 Å². The van der Waals surface area contributed by atoms with E-state index in [0.29, 0.717) is 5.58 Å². The van der Waals surface area contributed by atoms with Gasteiger partial charge in [-0.25, -0.2) is 4.79 Å². The third-order valence-corrected chi connectivity index (χ3v) is 3.03. The van der Waals surface area contributed by atoms with Gasteiger partial charge in [-0.2, -0.15) is 0 Å². The molecule has 1 heterocycles. The quantitative estimate of drug-likeness (QED) is 0.885. The molecule has 0 aliphatic carbocycles. The van der Waals surface area contributed by atoms with Gasteiger partial charge < -0.3 is 9.52 Å². The van der Waals surface area contributed by atoms with E-state index in [1.54, 1.807) is 13.1 Å². The molecule has 1 aromatic carbocycles. The normalized spacial score (nSPS) is 13.1. The van der Waals surface area contributed by atoms with Crippen LogP contribution in [-0.2, 0) is 7.05 Å². The molecule has 1 atom stereocenters. The molecule has 4 nitrogen and oxygen atoms in total. The van der Waals surface area contributed by atoms with Gasteiger partial charge in [0, 0.05) is 7.05 Å². The first-order valence-corrected chi connectivity index (χ1v) is 5.91. The van der Waals surface area contributed by atoms with Crippen LogP contribution in [-0.4, -0.2) is 9.67 Å². The van der Waals surface area contributed by atoms with Crippen molar-refractivity contribution < 1.29 is 9.52 Å². The monoisotopic (exact) mass is 235 g/mol. The van der Waals surface area contributed by atoms with Gasteiger partial charge in [-0.15, -0.1) is 0 Å². The number of oxazole rings is 1. The molecule has 0 aliphatic rings. The number of hydrogen-bond acceptors (Lipinski definition) is 3. The first-order valence-electron chi connectivity index (χ1n) is 5.91. The van der Waals surface area contributed by atoms with Crippen LogP contribution < -0.4 is 5.76 Å². The summed E-state index contributed by atoms with van der Waals surface area (Å²) in [4.78, 5) is 11.3. The average molecular weight is 235 g/mol. The molecule has 0 radical (unpaired) electrons. The molecule has 0 spiro atoms. The van der Waals surface area contributed by atoms with Crippen molar-refractivity contribution in [3.8, 4) is 0 Å². The largest absolute Gasteiger partial charge is 0.419 e. The van der Waals surface area contributed by atoms with E-state index in [-0.39, 0.29) is 5.76 Å². The fourth-order valence-electron chi connectivity index (χ4n) is 1.92. The van der Waals surface area contributed by atoms with E-state index in [0.717, 1.165) is 30.3 Å². The summed E-state index contributed by atoms with van der Waals surface area (Å²) in [6.07, 6.45) is 2.29. The van der Waals surface area contributed by atoms with Crippen molar-refractivity contribution in [3.05, 3.63) is 34.3 Å². The zero-order chi connectivity index (χ0) is 12.4. The number of aromatic nitrogens is 1. The number of benzene rings is 1. The molecule has 2 aromatic rings. The minimum Gasteiger partial charge on any atom is -0.408 e. The van der Waals surface area contributed by atoms with Crippen molar-refractivity contribution in [3.63, 3.8) is 0 Å². The SMILES string of the molecule is CCCCC(O)c1ccc2c(c1)oc(=O)n2C. The number of unbranched alkanes of at least 4 members (excludes halogenated alkanes) is 1. The Labute approximate surface area is 99.5 Å². The number of rotatable bonds is 4. The highest BCUT2D eigenvalue weighted by Gasteiger charge is 2.11. The highest BCUT2D eigenvalue weighted by Crippen LogP contribution is 2.23. The van der Waals surface area contributed by atoms with Gasteiger partial charge in [-0.05, 0) is 24.1 Å². The summed E-state index contributed by atoms with van der Waals surface area (Å²) < 4.78 is 6.55. The molecule has 17 heavy (non-hydrogen) atoms. The molecule has 1 N–H and O–H groups in total. The Bertz CT molecular complexity index is 568. The molecule has 0 fully saturated rings. The molecule has 0 saturated heterocycles. The number of aliphatic hydroxyl groups excluding tert-OH is 1. The number of aliphatic hydroxyl groups is 1. The molecular formula is C13H17NO3. The zero-order valence-corrected chi connectivity index (χ0v) is 10.1. The summed E-state index contributed by atoms with van der Waals surface area (Å²) in [5, 5.41) is 9.96. The van der Waals surface area contributed by atoms with Gasteiger partial charge in [0.25, 0.3) is 0 Å². The Kier molecular flexibility index (Phi) is 3.33. The summed E-state index contributed by atoms with van der Waals surface area (Å²) in [5.74, 6) is -0.375. The summed E-state index contributed by atoms with van der Waals surface area (Å²) in [7, 11) is 1.67. The lowest BCUT2D eigenvalue weighted by molar-refractivity contribution is 0.164. The second-order valence-electron chi connectivity index (χ2n) is 4.31. The van der Waals surface area contributed by atoms with E-state index < -0.39 is 6.10 Å². The maximum absolute atomic E-state index is 11.3. The van der Waals surface area contributed by atoms with Gasteiger partial charge in [0.1, 0.15) is 0 Å². The zero-order valence-electron chi connectivity index (χ0n) is 10.1. The lowest BCUT2D eigenvalue weighted by atomic mass is 10.0. The Morgan fingerprint density at radius 3 is 2.94 bits per heavy atom. The van der Waals surface area contributed by atoms with Crippen LogP contribution >= 0.6 is 0 Å². The minimum atomic E-state index is -0.482. The maximum Gasteiger partial charge on any atom is 0.419 e. The molecule has 1 aromatic heterocycles. The number of nitrogens with zero attached hydrogens (tertiary/aromatic N) is 1. The van der Waals surface area contributed by atoms with Crippen molar-refractivity contribution in [1.29, 1.82) is 0 Å². The lowest BCUT2D eigenvalue weighted by Gasteiger charge is -2.09. The third kappa shape index (κ3) is 2.26. The topological polar surface area (TPSA) is 55.4 Å². The molecule has 0 amide bonds. The van der Waals surface area contributed by atoms with Gasteiger partial charge in [0.05, 0.1) is 11.6 Å². The van der Waals surface area contributed by atoms with Crippen LogP contribution in [0, 0.1) is 0 Å². The van der Waals surface area contributed by atoms with Gasteiger partial charge in [-0.3, -0.25) is 4.57 Å². The smallest absolute Gasteiger partial charge is 0.408 e. The second-order valence-corrected chi connectivity index (χ2v) is 4.31. The van der Waals surface area contributed by atoms with Gasteiger partial charge >= 0.3 is 5.76 Å². The Hall–Kier alpha value is -1.55. The third-order valence-electron chi connectivity index (χ3n) is 3.03. The summed E-state index contributed by atoms with van der Waals surface area (Å²) in [5.41, 5.74) is 2.09. The first-order chi connectivity index (χ1) is 8.13. The molecule has 2 rings (SSSR count). The van der Waals surface area contributed by atoms with E-state index in [9.17, 15) is 9.90 Å². The maximum atomic E-state index is 11.3. The van der Waals surface area contributed by atoms with E-state index in [2.05, 4.69) is 6.92 Å². The van der Waals surface area contributed by atoms with Crippen LogP contribution in [0.4, 0.5) is 0 Å². The standard InChI is InChI=1S/C13H17NO3/c1-3-4-5-11(15)9-6-7-10-12(8-9)17-13(16)14(10)2/h6-8,11,15H,3-5H2,1-2H3. The summed E-state index contributed by atoms with van der Waals surface area (Å²) in [6, 6.07) is 5.40. The molecule has 0 bridgehead atoms. The van der Waals surface area contributed by atoms with E-state index in [1.165, 1.54) is 4.57 Å². The fourth-order valence-corrected chi connectivity index (χ4v) is 1.92. The molecule has 1 unspecified atom stereocenters. The average Bonchev–Trinajstić information content (AvgIpc) is 2.61. The molecule has 92 valence electrons. The summed E-state index contributed by atoms with van der Waals surface area (Å²) in [6.45, 7) is 2.09. The van der Waals surface area contributed by atoms with Crippen LogP contribution in [0.25, 0.3) is 11.1 Å². The van der Waals surface area contributed by atoms with E-state index >= 15 is 0 Å². The second kappa shape index (κ2) is 4.75. The van der Waals surface area contributed by atoms with Gasteiger partial charge in [-0.1, -0.05) is 25.8 Å². The fraction of sp³-hybridized carbons (Fsp3) is 0.462. The summed E-state index contributed by atoms with van der Waals surface area (Å²) >= 11 is 0. The predicted molar refractivity (Wildman–Crippen MR) is 65.9 cm³/mol. The lowest BCUT2D eigenvalue weighted by Crippen LogP contribution is -2.08. The Morgan fingerprint density at radius 1 is 1.47 bits per heavy atom. The van der Waals surface area contributed by atoms with Gasteiger partial charge in [0.2, 0.25) is 0 Å². The van der Waals surface area contributed by atoms with Crippen LogP contribution in [0.2, 0.25) is 0 Å². The van der Waals surface area contributed by atoms with Crippen LogP contribution in [0.5, 0.6) is 0 Å². The van der Waals surface area contributed by atoms with E-state index in [1.807, 2.05) is 12.1 Å². The Morgan fingerprint density at radius 2 is 2.24 bits per heavy atom. The number of hydrogen-bond donors (Lipinski definition) is 1. The van der Waals surface area contributed by atoms with Crippen LogP contribution in [0.1, 0.15) is 37.9 Å². The Balaban J connectivity index is 2.34. The first kappa shape index (κ1) is 11.9. The van der Waals surface area contributed by atoms with Crippen molar-refractivity contribution >= 4 is 11.1 Å². The van der Waals surface area contributed by atoms with Crippen molar-refractivity contribution in [2.24, 2.45) is 7.05 Å². The highest BCUT2D eigenvalue weighted by molar-refractivity contribution is 5.73. The van der Waals surface area contributed by atoms with Crippen molar-refractivity contribution in [1.82, 2.24) is 4.57 Å². The highest BCUT2D eigenvalue weighted by atomic mass is 16.4.